The van der Waals surface area contributed by atoms with Crippen LogP contribution >= 0.6 is 15.9 Å². The fourth-order valence-corrected chi connectivity index (χ4v) is 6.07. The van der Waals surface area contributed by atoms with Gasteiger partial charge in [-0.25, -0.2) is 0 Å². The van der Waals surface area contributed by atoms with Crippen molar-refractivity contribution in [2.75, 3.05) is 0 Å². The summed E-state index contributed by atoms with van der Waals surface area (Å²) in [7, 11) is 0. The molecular weight excluding hydrogens is 502 g/mol. The molecule has 2 aliphatic heterocycles. The molecular formula is C24H25BBrF5N2. The minimum absolute atomic E-state index is 0.255. The molecule has 0 aliphatic carbocycles. The van der Waals surface area contributed by atoms with Crippen molar-refractivity contribution in [1.29, 1.82) is 0 Å². The molecule has 1 aromatic carbocycles. The lowest BCUT2D eigenvalue weighted by molar-refractivity contribution is -0.363. The van der Waals surface area contributed by atoms with Crippen LogP contribution in [0.15, 0.2) is 39.5 Å². The second kappa shape index (κ2) is 7.68. The van der Waals surface area contributed by atoms with Gasteiger partial charge in [-0.15, -0.1) is 0 Å². The summed E-state index contributed by atoms with van der Waals surface area (Å²) in [5.74, 6) is 0. The molecule has 3 heterocycles. The molecule has 0 amide bonds. The highest BCUT2D eigenvalue weighted by molar-refractivity contribution is 9.10. The summed E-state index contributed by atoms with van der Waals surface area (Å²) in [4.78, 5) is 0. The van der Waals surface area contributed by atoms with Crippen LogP contribution in [0.3, 0.4) is 0 Å². The predicted molar refractivity (Wildman–Crippen MR) is 126 cm³/mol. The van der Waals surface area contributed by atoms with Gasteiger partial charge < -0.3 is 17.6 Å². The number of rotatable bonds is 3. The first-order valence-electron chi connectivity index (χ1n) is 11.0. The van der Waals surface area contributed by atoms with Crippen molar-refractivity contribution >= 4 is 34.2 Å². The first kappa shape index (κ1) is 24.0. The summed E-state index contributed by atoms with van der Waals surface area (Å²) in [6.45, 7) is 6.48. The Balaban J connectivity index is 2.25. The van der Waals surface area contributed by atoms with Gasteiger partial charge in [-0.2, -0.15) is 13.2 Å². The van der Waals surface area contributed by atoms with E-state index in [0.29, 0.717) is 56.8 Å². The molecule has 0 spiro atoms. The molecule has 0 bridgehead atoms. The van der Waals surface area contributed by atoms with Gasteiger partial charge in [0, 0.05) is 33.8 Å². The minimum Gasteiger partial charge on any atom is -0.393 e. The number of halogens is 6. The zero-order valence-electron chi connectivity index (χ0n) is 19.4. The minimum atomic E-state index is -4.55. The fourth-order valence-electron chi connectivity index (χ4n) is 5.63. The molecule has 4 rings (SSSR count). The Kier molecular flexibility index (Phi) is 5.59. The topological polar surface area (TPSA) is 7.94 Å². The third-order valence-corrected chi connectivity index (χ3v) is 7.75. The van der Waals surface area contributed by atoms with E-state index in [9.17, 15) is 13.2 Å². The van der Waals surface area contributed by atoms with Gasteiger partial charge in [0.25, 0.3) is 0 Å². The van der Waals surface area contributed by atoms with Gasteiger partial charge in [0.15, 0.2) is 5.70 Å². The van der Waals surface area contributed by atoms with E-state index in [1.54, 1.807) is 27.7 Å². The number of hydrogen-bond donors (Lipinski definition) is 0. The molecule has 0 N–H and O–H groups in total. The largest absolute Gasteiger partial charge is 0.737 e. The summed E-state index contributed by atoms with van der Waals surface area (Å²) in [6.07, 6.45) is -3.45. The van der Waals surface area contributed by atoms with Gasteiger partial charge in [-0.1, -0.05) is 29.8 Å². The van der Waals surface area contributed by atoms with Crippen LogP contribution in [0.4, 0.5) is 21.8 Å². The highest BCUT2D eigenvalue weighted by Crippen LogP contribution is 2.49. The summed E-state index contributed by atoms with van der Waals surface area (Å²) in [6, 6.07) is 3.40. The average Bonchev–Trinajstić information content (AvgIpc) is 3.13. The fraction of sp³-hybridized carbons (Fsp3) is 0.375. The summed E-state index contributed by atoms with van der Waals surface area (Å²) in [5.41, 5.74) is 4.28. The molecule has 0 saturated heterocycles. The number of fused-ring (bicyclic) bond motifs is 2. The third kappa shape index (κ3) is 3.21. The molecule has 0 unspecified atom stereocenters. The van der Waals surface area contributed by atoms with Crippen molar-refractivity contribution < 1.29 is 26.3 Å². The van der Waals surface area contributed by atoms with Crippen molar-refractivity contribution in [3.05, 3.63) is 73.2 Å². The lowest BCUT2D eigenvalue weighted by Gasteiger charge is -2.34. The molecule has 2 aromatic rings. The Morgan fingerprint density at radius 3 is 2.21 bits per heavy atom. The Morgan fingerprint density at radius 2 is 1.67 bits per heavy atom. The number of nitrogens with zero attached hydrogens (tertiary/aromatic N) is 2. The number of benzene rings is 1. The number of aromatic nitrogens is 1. The van der Waals surface area contributed by atoms with Crippen LogP contribution in [-0.4, -0.2) is 21.6 Å². The zero-order valence-corrected chi connectivity index (χ0v) is 21.0. The number of alkyl halides is 3. The lowest BCUT2D eigenvalue weighted by Crippen LogP contribution is -2.51. The van der Waals surface area contributed by atoms with E-state index >= 15 is 8.63 Å². The summed E-state index contributed by atoms with van der Waals surface area (Å²) < 4.78 is 75.9. The smallest absolute Gasteiger partial charge is 0.393 e. The van der Waals surface area contributed by atoms with Crippen molar-refractivity contribution in [3.63, 3.8) is 0 Å². The molecule has 176 valence electrons. The Bertz CT molecular complexity index is 1290. The van der Waals surface area contributed by atoms with Gasteiger partial charge in [0.05, 0.1) is 11.1 Å². The SMILES string of the molecule is CCC1=C(C)C2=C(c3cc(C(F)(F)F)ccc3Br)c3c(C)c(CC)c(C)n3[B-](F)(F)[N+]2=C1C. The molecule has 2 aliphatic rings. The van der Waals surface area contributed by atoms with Crippen LogP contribution in [0.1, 0.15) is 67.8 Å². The maximum Gasteiger partial charge on any atom is 0.737 e. The van der Waals surface area contributed by atoms with E-state index in [1.807, 2.05) is 13.8 Å². The summed E-state index contributed by atoms with van der Waals surface area (Å²) in [5, 5.41) is 0. The Labute approximate surface area is 198 Å². The van der Waals surface area contributed by atoms with E-state index in [2.05, 4.69) is 15.9 Å². The third-order valence-electron chi connectivity index (χ3n) is 7.06. The first-order chi connectivity index (χ1) is 15.3. The predicted octanol–water partition coefficient (Wildman–Crippen LogP) is 7.66. The molecule has 0 fully saturated rings. The van der Waals surface area contributed by atoms with Crippen LogP contribution in [0.25, 0.3) is 5.57 Å². The number of allylic oxidation sites excluding steroid dienone is 2. The number of hydrogen-bond acceptors (Lipinski definition) is 0. The quantitative estimate of drug-likeness (QED) is 0.286. The van der Waals surface area contributed by atoms with Crippen molar-refractivity contribution in [3.8, 4) is 0 Å². The van der Waals surface area contributed by atoms with Crippen molar-refractivity contribution in [1.82, 2.24) is 4.48 Å². The van der Waals surface area contributed by atoms with Crippen molar-refractivity contribution in [2.24, 2.45) is 0 Å². The molecule has 33 heavy (non-hydrogen) atoms. The molecule has 0 radical (unpaired) electrons. The van der Waals surface area contributed by atoms with Gasteiger partial charge >= 0.3 is 13.1 Å². The highest BCUT2D eigenvalue weighted by Gasteiger charge is 2.57. The Hall–Kier alpha value is -2.16. The van der Waals surface area contributed by atoms with Crippen LogP contribution < -0.4 is 0 Å². The highest BCUT2D eigenvalue weighted by atomic mass is 79.9. The van der Waals surface area contributed by atoms with Crippen LogP contribution in [-0.2, 0) is 12.6 Å². The molecule has 1 aromatic heterocycles. The van der Waals surface area contributed by atoms with E-state index in [-0.39, 0.29) is 5.56 Å². The molecule has 0 atom stereocenters. The van der Waals surface area contributed by atoms with Crippen molar-refractivity contribution in [2.45, 2.75) is 60.6 Å². The van der Waals surface area contributed by atoms with E-state index in [1.165, 1.54) is 6.07 Å². The summed E-state index contributed by atoms with van der Waals surface area (Å²) >= 11 is 3.41. The van der Waals surface area contributed by atoms with Gasteiger partial charge in [0.1, 0.15) is 5.71 Å². The van der Waals surface area contributed by atoms with Gasteiger partial charge in [0.2, 0.25) is 0 Å². The second-order valence-corrected chi connectivity index (χ2v) is 9.53. The molecule has 0 saturated carbocycles. The average molecular weight is 527 g/mol. The zero-order chi connectivity index (χ0) is 24.6. The molecule has 9 heteroatoms. The monoisotopic (exact) mass is 526 g/mol. The Morgan fingerprint density at radius 1 is 1.03 bits per heavy atom. The van der Waals surface area contributed by atoms with E-state index in [4.69, 9.17) is 0 Å². The second-order valence-electron chi connectivity index (χ2n) is 8.68. The van der Waals surface area contributed by atoms with Gasteiger partial charge in [-0.05, 0) is 68.6 Å². The van der Waals surface area contributed by atoms with E-state index < -0.39 is 18.7 Å². The first-order valence-corrected chi connectivity index (χ1v) is 11.8. The van der Waals surface area contributed by atoms with Crippen LogP contribution in [0.2, 0.25) is 0 Å². The maximum atomic E-state index is 16.2. The standard InChI is InChI=1S/C24H25BBrF5N2/c1-7-17-12(3)22-21(19-11-16(24(27,28)29)9-10-20(19)26)23-13(4)18(8-2)15(6)33(23)25(30,31)32(22)14(17)5/h9-11H,7-8H2,1-6H3. The van der Waals surface area contributed by atoms with Crippen LogP contribution in [0, 0.1) is 13.8 Å². The molecule has 2 nitrogen and oxygen atoms in total. The van der Waals surface area contributed by atoms with E-state index in [0.717, 1.165) is 32.2 Å². The van der Waals surface area contributed by atoms with Gasteiger partial charge in [-0.3, -0.25) is 0 Å². The normalized spacial score (nSPS) is 17.8. The van der Waals surface area contributed by atoms with Crippen LogP contribution in [0.5, 0.6) is 0 Å². The lowest BCUT2D eigenvalue weighted by atomic mass is 9.83. The maximum absolute atomic E-state index is 16.2.